The second-order valence-corrected chi connectivity index (χ2v) is 10.5. The summed E-state index contributed by atoms with van der Waals surface area (Å²) in [6.45, 7) is 6.85. The van der Waals surface area contributed by atoms with Gasteiger partial charge in [0.25, 0.3) is 0 Å². The predicted molar refractivity (Wildman–Crippen MR) is 85.8 cm³/mol. The fraction of sp³-hybridized carbons (Fsp3) is 0.222. The Labute approximate surface area is 117 Å². The van der Waals surface area contributed by atoms with E-state index < -0.39 is 8.07 Å². The summed E-state index contributed by atoms with van der Waals surface area (Å²) in [5, 5.41) is 0. The van der Waals surface area contributed by atoms with Gasteiger partial charge in [0.1, 0.15) is 8.07 Å². The highest BCUT2D eigenvalue weighted by Gasteiger charge is 2.13. The van der Waals surface area contributed by atoms with Crippen LogP contribution in [0.15, 0.2) is 60.7 Å². The molecule has 0 nitrogen and oxygen atoms in total. The van der Waals surface area contributed by atoms with E-state index in [4.69, 9.17) is 0 Å². The largest absolute Gasteiger partial charge is 0.131 e. The van der Waals surface area contributed by atoms with Crippen LogP contribution < -0.4 is 0 Å². The van der Waals surface area contributed by atoms with Crippen molar-refractivity contribution in [1.29, 1.82) is 0 Å². The van der Waals surface area contributed by atoms with Gasteiger partial charge in [-0.25, -0.2) is 0 Å². The number of benzene rings is 2. The summed E-state index contributed by atoms with van der Waals surface area (Å²) < 4.78 is 0. The molecular formula is C18H20Si. The molecule has 0 N–H and O–H groups in total. The molecule has 2 aromatic rings. The smallest absolute Gasteiger partial charge is 0.129 e. The Kier molecular flexibility index (Phi) is 4.24. The van der Waals surface area contributed by atoms with E-state index in [9.17, 15) is 0 Å². The van der Waals surface area contributed by atoms with E-state index in [1.165, 1.54) is 11.1 Å². The lowest BCUT2D eigenvalue weighted by molar-refractivity contribution is 1.06. The zero-order valence-electron chi connectivity index (χ0n) is 11.9. The van der Waals surface area contributed by atoms with Gasteiger partial charge in [0.15, 0.2) is 0 Å². The van der Waals surface area contributed by atoms with Crippen molar-refractivity contribution in [2.45, 2.75) is 25.6 Å². The zero-order valence-corrected chi connectivity index (χ0v) is 12.9. The van der Waals surface area contributed by atoms with Gasteiger partial charge < -0.3 is 0 Å². The zero-order chi connectivity index (χ0) is 13.7. The molecule has 0 aliphatic heterocycles. The fourth-order valence-corrected chi connectivity index (χ4v) is 2.52. The second-order valence-electron chi connectivity index (χ2n) is 5.77. The molecule has 1 heteroatoms. The van der Waals surface area contributed by atoms with Gasteiger partial charge in [-0.05, 0) is 11.1 Å². The molecule has 0 fully saturated rings. The van der Waals surface area contributed by atoms with Crippen molar-refractivity contribution in [3.63, 3.8) is 0 Å². The molecule has 0 saturated carbocycles. The van der Waals surface area contributed by atoms with Gasteiger partial charge in [-0.3, -0.25) is 0 Å². The third-order valence-electron chi connectivity index (χ3n) is 2.86. The normalized spacial score (nSPS) is 10.9. The highest BCUT2D eigenvalue weighted by Crippen LogP contribution is 2.23. The molecule has 96 valence electrons. The molecule has 0 bridgehead atoms. The van der Waals surface area contributed by atoms with Gasteiger partial charge in [-0.15, -0.1) is 5.54 Å². The van der Waals surface area contributed by atoms with Crippen LogP contribution in [-0.2, 0) is 0 Å². The van der Waals surface area contributed by atoms with Crippen molar-refractivity contribution < 1.29 is 0 Å². The first-order valence-corrected chi connectivity index (χ1v) is 10.2. The summed E-state index contributed by atoms with van der Waals surface area (Å²) >= 11 is 0. The Morgan fingerprint density at radius 2 is 1.16 bits per heavy atom. The summed E-state index contributed by atoms with van der Waals surface area (Å²) in [6, 6.07) is 21.1. The van der Waals surface area contributed by atoms with Gasteiger partial charge >= 0.3 is 0 Å². The Bertz CT molecular complexity index is 528. The average Bonchev–Trinajstić information content (AvgIpc) is 2.40. The molecule has 0 unspecified atom stereocenters. The molecule has 0 aliphatic rings. The standard InChI is InChI=1S/C18H20Si/c1-19(2,3)15-14-18(16-10-6-4-7-11-16)17-12-8-5-9-13-17/h4-13,18H,1-3H3. The van der Waals surface area contributed by atoms with Gasteiger partial charge in [0.05, 0.1) is 5.92 Å². The Balaban J connectivity index is 2.42. The third kappa shape index (κ3) is 4.12. The highest BCUT2D eigenvalue weighted by atomic mass is 28.3. The maximum absolute atomic E-state index is 3.51. The van der Waals surface area contributed by atoms with Gasteiger partial charge in [0, 0.05) is 0 Å². The van der Waals surface area contributed by atoms with E-state index in [1.54, 1.807) is 0 Å². The predicted octanol–water partition coefficient (Wildman–Crippen LogP) is 4.70. The van der Waals surface area contributed by atoms with Crippen LogP contribution in [0.4, 0.5) is 0 Å². The van der Waals surface area contributed by atoms with Crippen molar-refractivity contribution in [2.24, 2.45) is 0 Å². The molecule has 2 aromatic carbocycles. The minimum Gasteiger partial charge on any atom is -0.131 e. The summed E-state index contributed by atoms with van der Waals surface area (Å²) in [5.74, 6) is 3.69. The molecule has 0 aromatic heterocycles. The number of rotatable bonds is 2. The van der Waals surface area contributed by atoms with Crippen molar-refractivity contribution in [3.05, 3.63) is 71.8 Å². The first-order valence-electron chi connectivity index (χ1n) is 6.69. The van der Waals surface area contributed by atoms with Crippen LogP contribution in [0.1, 0.15) is 17.0 Å². The van der Waals surface area contributed by atoms with Crippen LogP contribution in [0.5, 0.6) is 0 Å². The molecule has 0 radical (unpaired) electrons. The monoisotopic (exact) mass is 264 g/mol. The lowest BCUT2D eigenvalue weighted by atomic mass is 9.92. The molecular weight excluding hydrogens is 244 g/mol. The molecule has 0 aliphatic carbocycles. The van der Waals surface area contributed by atoms with Crippen LogP contribution in [0, 0.1) is 11.5 Å². The average molecular weight is 264 g/mol. The van der Waals surface area contributed by atoms with E-state index in [2.05, 4.69) is 91.8 Å². The van der Waals surface area contributed by atoms with Crippen molar-refractivity contribution in [3.8, 4) is 11.5 Å². The Morgan fingerprint density at radius 1 is 0.737 bits per heavy atom. The summed E-state index contributed by atoms with van der Waals surface area (Å²) in [6.07, 6.45) is 0. The SMILES string of the molecule is C[Si](C)(C)C#CC(c1ccccc1)c1ccccc1. The van der Waals surface area contributed by atoms with E-state index in [-0.39, 0.29) is 5.92 Å². The fourth-order valence-electron chi connectivity index (χ4n) is 1.94. The maximum Gasteiger partial charge on any atom is 0.129 e. The molecule has 0 heterocycles. The van der Waals surface area contributed by atoms with Crippen LogP contribution in [0.3, 0.4) is 0 Å². The van der Waals surface area contributed by atoms with E-state index in [1.807, 2.05) is 0 Å². The van der Waals surface area contributed by atoms with E-state index in [0.717, 1.165) is 0 Å². The van der Waals surface area contributed by atoms with E-state index in [0.29, 0.717) is 0 Å². The van der Waals surface area contributed by atoms with Crippen molar-refractivity contribution in [1.82, 2.24) is 0 Å². The van der Waals surface area contributed by atoms with Crippen LogP contribution >= 0.6 is 0 Å². The molecule has 0 amide bonds. The van der Waals surface area contributed by atoms with Gasteiger partial charge in [0.2, 0.25) is 0 Å². The molecule has 0 spiro atoms. The summed E-state index contributed by atoms with van der Waals surface area (Å²) in [5.41, 5.74) is 6.06. The third-order valence-corrected chi connectivity index (χ3v) is 3.75. The Morgan fingerprint density at radius 3 is 1.53 bits per heavy atom. The van der Waals surface area contributed by atoms with Crippen LogP contribution in [-0.4, -0.2) is 8.07 Å². The second kappa shape index (κ2) is 5.91. The Hall–Kier alpha value is -1.78. The van der Waals surface area contributed by atoms with Crippen molar-refractivity contribution >= 4 is 8.07 Å². The summed E-state index contributed by atoms with van der Waals surface area (Å²) in [4.78, 5) is 0. The van der Waals surface area contributed by atoms with Gasteiger partial charge in [-0.1, -0.05) is 86.2 Å². The molecule has 0 saturated heterocycles. The quantitative estimate of drug-likeness (QED) is 0.545. The minimum absolute atomic E-state index is 0.189. The van der Waals surface area contributed by atoms with Crippen molar-refractivity contribution in [2.75, 3.05) is 0 Å². The summed E-state index contributed by atoms with van der Waals surface area (Å²) in [7, 11) is -1.35. The van der Waals surface area contributed by atoms with Crippen LogP contribution in [0.2, 0.25) is 19.6 Å². The van der Waals surface area contributed by atoms with Gasteiger partial charge in [-0.2, -0.15) is 0 Å². The number of hydrogen-bond donors (Lipinski definition) is 0. The minimum atomic E-state index is -1.35. The molecule has 2 rings (SSSR count). The first-order chi connectivity index (χ1) is 9.06. The van der Waals surface area contributed by atoms with Crippen LogP contribution in [0.25, 0.3) is 0 Å². The number of hydrogen-bond acceptors (Lipinski definition) is 0. The highest BCUT2D eigenvalue weighted by molar-refractivity contribution is 6.83. The first kappa shape index (κ1) is 13.6. The molecule has 19 heavy (non-hydrogen) atoms. The maximum atomic E-state index is 3.51. The lowest BCUT2D eigenvalue weighted by Gasteiger charge is -2.13. The topological polar surface area (TPSA) is 0 Å². The molecule has 0 atom stereocenters. The van der Waals surface area contributed by atoms with E-state index >= 15 is 0 Å². The lowest BCUT2D eigenvalue weighted by Crippen LogP contribution is -2.17.